The number of morpholine rings is 1. The minimum absolute atomic E-state index is 0.0483. The molecule has 1 aromatic rings. The Bertz CT molecular complexity index is 553. The molecule has 0 radical (unpaired) electrons. The van der Waals surface area contributed by atoms with E-state index >= 15 is 0 Å². The number of amides is 1. The standard InChI is InChI=1S/C15H18N2O4/c1-11-9-17(5-6-20-11)15(18)10-21-13-4-3-12(8-16)7-14(13)19-2/h3-4,7,11H,5-6,9-10H2,1-2H3. The van der Waals surface area contributed by atoms with E-state index in [1.807, 2.05) is 13.0 Å². The van der Waals surface area contributed by atoms with Gasteiger partial charge in [0.15, 0.2) is 18.1 Å². The highest BCUT2D eigenvalue weighted by Crippen LogP contribution is 2.27. The number of ether oxygens (including phenoxy) is 3. The smallest absolute Gasteiger partial charge is 0.260 e. The summed E-state index contributed by atoms with van der Waals surface area (Å²) in [6.07, 6.45) is 0.0483. The Balaban J connectivity index is 1.96. The molecular formula is C15H18N2O4. The molecule has 0 saturated carbocycles. The summed E-state index contributed by atoms with van der Waals surface area (Å²) in [5.74, 6) is 0.805. The molecular weight excluding hydrogens is 272 g/mol. The van der Waals surface area contributed by atoms with Gasteiger partial charge in [-0.25, -0.2) is 0 Å². The number of rotatable bonds is 4. The molecule has 0 aliphatic carbocycles. The van der Waals surface area contributed by atoms with E-state index in [-0.39, 0.29) is 18.6 Å². The fraction of sp³-hybridized carbons (Fsp3) is 0.467. The highest BCUT2D eigenvalue weighted by molar-refractivity contribution is 5.78. The third kappa shape index (κ3) is 3.86. The van der Waals surface area contributed by atoms with Crippen molar-refractivity contribution in [2.45, 2.75) is 13.0 Å². The molecule has 1 saturated heterocycles. The molecule has 0 N–H and O–H groups in total. The third-order valence-corrected chi connectivity index (χ3v) is 3.24. The Morgan fingerprint density at radius 3 is 3.00 bits per heavy atom. The van der Waals surface area contributed by atoms with Crippen LogP contribution in [0, 0.1) is 11.3 Å². The van der Waals surface area contributed by atoms with E-state index in [1.54, 1.807) is 23.1 Å². The fourth-order valence-electron chi connectivity index (χ4n) is 2.13. The van der Waals surface area contributed by atoms with Gasteiger partial charge in [-0.3, -0.25) is 4.79 Å². The number of methoxy groups -OCH3 is 1. The molecule has 112 valence electrons. The van der Waals surface area contributed by atoms with Gasteiger partial charge in [0.2, 0.25) is 0 Å². The summed E-state index contributed by atoms with van der Waals surface area (Å²) in [6.45, 7) is 3.58. The molecule has 1 fully saturated rings. The summed E-state index contributed by atoms with van der Waals surface area (Å²) in [5.41, 5.74) is 0.479. The van der Waals surface area contributed by atoms with Crippen LogP contribution in [0.2, 0.25) is 0 Å². The van der Waals surface area contributed by atoms with Crippen LogP contribution in [0.1, 0.15) is 12.5 Å². The maximum atomic E-state index is 12.1. The Kier molecular flexibility index (Phi) is 5.01. The quantitative estimate of drug-likeness (QED) is 0.833. The van der Waals surface area contributed by atoms with E-state index in [2.05, 4.69) is 0 Å². The van der Waals surface area contributed by atoms with E-state index in [9.17, 15) is 4.79 Å². The van der Waals surface area contributed by atoms with Crippen molar-refractivity contribution in [1.29, 1.82) is 5.26 Å². The number of benzene rings is 1. The summed E-state index contributed by atoms with van der Waals surface area (Å²) >= 11 is 0. The molecule has 1 atom stereocenters. The van der Waals surface area contributed by atoms with Crippen LogP contribution in [-0.4, -0.2) is 50.3 Å². The van der Waals surface area contributed by atoms with Gasteiger partial charge in [-0.15, -0.1) is 0 Å². The van der Waals surface area contributed by atoms with Gasteiger partial charge in [-0.05, 0) is 19.1 Å². The first-order valence-electron chi connectivity index (χ1n) is 6.74. The predicted molar refractivity (Wildman–Crippen MR) is 75.2 cm³/mol. The molecule has 1 unspecified atom stereocenters. The Morgan fingerprint density at radius 2 is 2.33 bits per heavy atom. The molecule has 21 heavy (non-hydrogen) atoms. The van der Waals surface area contributed by atoms with Crippen molar-refractivity contribution >= 4 is 5.91 Å². The molecule has 1 aromatic carbocycles. The van der Waals surface area contributed by atoms with E-state index in [4.69, 9.17) is 19.5 Å². The van der Waals surface area contributed by atoms with Crippen molar-refractivity contribution in [3.8, 4) is 17.6 Å². The number of carbonyl (C=O) groups is 1. The summed E-state index contributed by atoms with van der Waals surface area (Å²) in [7, 11) is 1.49. The molecule has 0 spiro atoms. The number of hydrogen-bond donors (Lipinski definition) is 0. The molecule has 1 amide bonds. The molecule has 2 rings (SSSR count). The molecule has 6 nitrogen and oxygen atoms in total. The first-order valence-corrected chi connectivity index (χ1v) is 6.74. The van der Waals surface area contributed by atoms with Crippen LogP contribution in [-0.2, 0) is 9.53 Å². The van der Waals surface area contributed by atoms with Gasteiger partial charge < -0.3 is 19.1 Å². The van der Waals surface area contributed by atoms with Crippen molar-refractivity contribution in [2.75, 3.05) is 33.4 Å². The van der Waals surface area contributed by atoms with E-state index < -0.39 is 0 Å². The van der Waals surface area contributed by atoms with Gasteiger partial charge in [0.25, 0.3) is 5.91 Å². The first kappa shape index (κ1) is 15.1. The van der Waals surface area contributed by atoms with Crippen LogP contribution < -0.4 is 9.47 Å². The normalized spacial score (nSPS) is 18.0. The van der Waals surface area contributed by atoms with Crippen LogP contribution in [0.3, 0.4) is 0 Å². The molecule has 1 aliphatic heterocycles. The van der Waals surface area contributed by atoms with Crippen LogP contribution >= 0.6 is 0 Å². The summed E-state index contributed by atoms with van der Waals surface area (Å²) < 4.78 is 16.1. The zero-order valence-electron chi connectivity index (χ0n) is 12.2. The summed E-state index contributed by atoms with van der Waals surface area (Å²) in [5, 5.41) is 8.84. The average Bonchev–Trinajstić information content (AvgIpc) is 2.52. The Hall–Kier alpha value is -2.26. The monoisotopic (exact) mass is 290 g/mol. The summed E-state index contributed by atoms with van der Waals surface area (Å²) in [6, 6.07) is 6.86. The number of hydrogen-bond acceptors (Lipinski definition) is 5. The maximum absolute atomic E-state index is 12.1. The van der Waals surface area contributed by atoms with E-state index in [0.717, 1.165) is 0 Å². The van der Waals surface area contributed by atoms with Crippen molar-refractivity contribution in [3.05, 3.63) is 23.8 Å². The van der Waals surface area contributed by atoms with Gasteiger partial charge in [0, 0.05) is 19.2 Å². The van der Waals surface area contributed by atoms with Gasteiger partial charge in [-0.1, -0.05) is 0 Å². The lowest BCUT2D eigenvalue weighted by Gasteiger charge is -2.31. The highest BCUT2D eigenvalue weighted by atomic mass is 16.5. The third-order valence-electron chi connectivity index (χ3n) is 3.24. The number of nitriles is 1. The van der Waals surface area contributed by atoms with Crippen molar-refractivity contribution in [2.24, 2.45) is 0 Å². The molecule has 6 heteroatoms. The molecule has 1 aliphatic rings. The topological polar surface area (TPSA) is 71.8 Å². The van der Waals surface area contributed by atoms with E-state index in [0.29, 0.717) is 36.8 Å². The minimum Gasteiger partial charge on any atom is -0.493 e. The second kappa shape index (κ2) is 6.95. The molecule has 1 heterocycles. The van der Waals surface area contributed by atoms with Gasteiger partial charge >= 0.3 is 0 Å². The largest absolute Gasteiger partial charge is 0.493 e. The lowest BCUT2D eigenvalue weighted by Crippen LogP contribution is -2.46. The lowest BCUT2D eigenvalue weighted by molar-refractivity contribution is -0.140. The highest BCUT2D eigenvalue weighted by Gasteiger charge is 2.21. The van der Waals surface area contributed by atoms with Crippen molar-refractivity contribution in [1.82, 2.24) is 4.90 Å². The Morgan fingerprint density at radius 1 is 1.52 bits per heavy atom. The fourth-order valence-corrected chi connectivity index (χ4v) is 2.13. The second-order valence-electron chi connectivity index (χ2n) is 4.79. The number of carbonyl (C=O) groups excluding carboxylic acids is 1. The van der Waals surface area contributed by atoms with Gasteiger partial charge in [-0.2, -0.15) is 5.26 Å². The average molecular weight is 290 g/mol. The first-order chi connectivity index (χ1) is 10.1. The predicted octanol–water partition coefficient (Wildman–Crippen LogP) is 1.19. The second-order valence-corrected chi connectivity index (χ2v) is 4.79. The van der Waals surface area contributed by atoms with Crippen LogP contribution in [0.5, 0.6) is 11.5 Å². The van der Waals surface area contributed by atoms with Crippen molar-refractivity contribution < 1.29 is 19.0 Å². The number of nitrogens with zero attached hydrogens (tertiary/aromatic N) is 2. The van der Waals surface area contributed by atoms with Gasteiger partial charge in [0.1, 0.15) is 0 Å². The Labute approximate surface area is 123 Å². The summed E-state index contributed by atoms with van der Waals surface area (Å²) in [4.78, 5) is 13.8. The molecule has 0 aromatic heterocycles. The zero-order valence-corrected chi connectivity index (χ0v) is 12.2. The van der Waals surface area contributed by atoms with Crippen LogP contribution in [0.15, 0.2) is 18.2 Å². The SMILES string of the molecule is COc1cc(C#N)ccc1OCC(=O)N1CCOC(C)C1. The molecule has 0 bridgehead atoms. The lowest BCUT2D eigenvalue weighted by atomic mass is 10.2. The maximum Gasteiger partial charge on any atom is 0.260 e. The van der Waals surface area contributed by atoms with Crippen LogP contribution in [0.4, 0.5) is 0 Å². The van der Waals surface area contributed by atoms with Crippen molar-refractivity contribution in [3.63, 3.8) is 0 Å². The minimum atomic E-state index is -0.0865. The van der Waals surface area contributed by atoms with Crippen LogP contribution in [0.25, 0.3) is 0 Å². The van der Waals surface area contributed by atoms with E-state index in [1.165, 1.54) is 7.11 Å². The van der Waals surface area contributed by atoms with Gasteiger partial charge in [0.05, 0.1) is 31.5 Å². The zero-order chi connectivity index (χ0) is 15.2.